The van der Waals surface area contributed by atoms with E-state index in [0.717, 1.165) is 0 Å². The maximum absolute atomic E-state index is 12.2. The van der Waals surface area contributed by atoms with E-state index >= 15 is 0 Å². The van der Waals surface area contributed by atoms with Gasteiger partial charge in [-0.05, 0) is 36.6 Å². The lowest BCUT2D eigenvalue weighted by atomic mass is 10.1. The van der Waals surface area contributed by atoms with Crippen LogP contribution in [0.1, 0.15) is 22.2 Å². The van der Waals surface area contributed by atoms with Crippen molar-refractivity contribution in [2.75, 3.05) is 12.3 Å². The quantitative estimate of drug-likeness (QED) is 0.688. The molecule has 18 heavy (non-hydrogen) atoms. The van der Waals surface area contributed by atoms with Crippen LogP contribution in [0.3, 0.4) is 0 Å². The molecule has 3 nitrogen and oxygen atoms in total. The lowest BCUT2D eigenvalue weighted by Gasteiger charge is -2.08. The summed E-state index contributed by atoms with van der Waals surface area (Å²) in [5, 5.41) is 2.26. The van der Waals surface area contributed by atoms with Gasteiger partial charge in [0.15, 0.2) is 0 Å². The van der Waals surface area contributed by atoms with Gasteiger partial charge in [0.05, 0.1) is 22.2 Å². The van der Waals surface area contributed by atoms with E-state index in [4.69, 9.17) is 22.1 Å². The number of ether oxygens (including phenoxy) is 1. The zero-order chi connectivity index (χ0) is 13.1. The summed E-state index contributed by atoms with van der Waals surface area (Å²) in [6, 6.07) is 6.72. The van der Waals surface area contributed by atoms with Gasteiger partial charge in [-0.25, -0.2) is 0 Å². The zero-order valence-electron chi connectivity index (χ0n) is 9.77. The highest BCUT2D eigenvalue weighted by Crippen LogP contribution is 2.28. The highest BCUT2D eigenvalue weighted by atomic mass is 35.5. The van der Waals surface area contributed by atoms with E-state index in [1.165, 1.54) is 11.3 Å². The van der Waals surface area contributed by atoms with Gasteiger partial charge in [0.2, 0.25) is 5.78 Å². The first-order valence-corrected chi connectivity index (χ1v) is 6.69. The number of nitrogen functional groups attached to an aromatic ring is 1. The molecular formula is C13H12ClNO2S. The molecule has 0 saturated carbocycles. The summed E-state index contributed by atoms with van der Waals surface area (Å²) in [5.41, 5.74) is 6.80. The largest absolute Gasteiger partial charge is 0.492 e. The molecule has 1 aromatic heterocycles. The number of nitrogens with two attached hydrogens (primary N) is 1. The molecule has 2 aromatic rings. The van der Waals surface area contributed by atoms with E-state index in [2.05, 4.69) is 0 Å². The second-order valence-corrected chi connectivity index (χ2v) is 4.94. The molecule has 2 rings (SSSR count). The Morgan fingerprint density at radius 2 is 2.22 bits per heavy atom. The van der Waals surface area contributed by atoms with Gasteiger partial charge in [-0.3, -0.25) is 4.79 Å². The van der Waals surface area contributed by atoms with Crippen LogP contribution in [-0.4, -0.2) is 12.4 Å². The molecule has 0 saturated heterocycles. The number of ketones is 1. The standard InChI is InChI=1S/C13H12ClNO2S/c1-2-17-11-4-3-8(7-10(11)15)12(16)13-9(14)5-6-18-13/h3-7H,2,15H2,1H3. The van der Waals surface area contributed by atoms with Gasteiger partial charge in [-0.2, -0.15) is 0 Å². The first-order chi connectivity index (χ1) is 8.63. The monoisotopic (exact) mass is 281 g/mol. The Bertz CT molecular complexity index is 580. The molecule has 0 unspecified atom stereocenters. The number of rotatable bonds is 4. The second-order valence-electron chi connectivity index (χ2n) is 3.61. The van der Waals surface area contributed by atoms with Crippen molar-refractivity contribution in [3.05, 3.63) is 45.1 Å². The summed E-state index contributed by atoms with van der Waals surface area (Å²) in [4.78, 5) is 12.7. The molecule has 0 bridgehead atoms. The van der Waals surface area contributed by atoms with Crippen LogP contribution in [0.5, 0.6) is 5.75 Å². The van der Waals surface area contributed by atoms with Crippen molar-refractivity contribution in [2.24, 2.45) is 0 Å². The normalized spacial score (nSPS) is 10.3. The van der Waals surface area contributed by atoms with Crippen LogP contribution in [0.25, 0.3) is 0 Å². The molecule has 2 N–H and O–H groups in total. The minimum Gasteiger partial charge on any atom is -0.492 e. The molecule has 0 aliphatic carbocycles. The topological polar surface area (TPSA) is 52.3 Å². The molecule has 1 aromatic carbocycles. The van der Waals surface area contributed by atoms with E-state index in [9.17, 15) is 4.79 Å². The first kappa shape index (κ1) is 12.9. The number of carbonyl (C=O) groups excluding carboxylic acids is 1. The maximum atomic E-state index is 12.2. The van der Waals surface area contributed by atoms with E-state index < -0.39 is 0 Å². The molecule has 0 spiro atoms. The second kappa shape index (κ2) is 5.42. The maximum Gasteiger partial charge on any atom is 0.204 e. The molecule has 0 amide bonds. The van der Waals surface area contributed by atoms with Gasteiger partial charge in [0.25, 0.3) is 0 Å². The van der Waals surface area contributed by atoms with Crippen molar-refractivity contribution in [3.63, 3.8) is 0 Å². The smallest absolute Gasteiger partial charge is 0.204 e. The first-order valence-electron chi connectivity index (χ1n) is 5.43. The summed E-state index contributed by atoms with van der Waals surface area (Å²) in [5.74, 6) is 0.469. The van der Waals surface area contributed by atoms with Gasteiger partial charge >= 0.3 is 0 Å². The Morgan fingerprint density at radius 1 is 1.44 bits per heavy atom. The fourth-order valence-corrected chi connectivity index (χ4v) is 2.67. The van der Waals surface area contributed by atoms with Gasteiger partial charge in [0, 0.05) is 5.56 Å². The number of hydrogen-bond donors (Lipinski definition) is 1. The number of anilines is 1. The summed E-state index contributed by atoms with van der Waals surface area (Å²) in [6.45, 7) is 2.41. The van der Waals surface area contributed by atoms with Crippen molar-refractivity contribution < 1.29 is 9.53 Å². The summed E-state index contributed by atoms with van der Waals surface area (Å²) in [6.07, 6.45) is 0. The van der Waals surface area contributed by atoms with Crippen molar-refractivity contribution in [2.45, 2.75) is 6.92 Å². The van der Waals surface area contributed by atoms with Crippen molar-refractivity contribution in [3.8, 4) is 5.75 Å². The molecule has 0 fully saturated rings. The van der Waals surface area contributed by atoms with Crippen LogP contribution in [0.15, 0.2) is 29.6 Å². The third kappa shape index (κ3) is 2.49. The third-order valence-electron chi connectivity index (χ3n) is 2.40. The Labute approximate surface area is 114 Å². The summed E-state index contributed by atoms with van der Waals surface area (Å²) >= 11 is 7.26. The number of halogens is 1. The average molecular weight is 282 g/mol. The molecule has 5 heteroatoms. The van der Waals surface area contributed by atoms with Crippen LogP contribution in [0.4, 0.5) is 5.69 Å². The van der Waals surface area contributed by atoms with Crippen LogP contribution >= 0.6 is 22.9 Å². The fourth-order valence-electron chi connectivity index (χ4n) is 1.56. The predicted octanol–water partition coefficient (Wildman–Crippen LogP) is 3.61. The van der Waals surface area contributed by atoms with Gasteiger partial charge in [-0.1, -0.05) is 11.6 Å². The third-order valence-corrected chi connectivity index (χ3v) is 3.74. The molecular weight excluding hydrogens is 270 g/mol. The highest BCUT2D eigenvalue weighted by molar-refractivity contribution is 7.13. The van der Waals surface area contributed by atoms with E-state index in [1.807, 2.05) is 6.92 Å². The lowest BCUT2D eigenvalue weighted by Crippen LogP contribution is -2.02. The SMILES string of the molecule is CCOc1ccc(C(=O)c2sccc2Cl)cc1N. The molecule has 0 atom stereocenters. The van der Waals surface area contributed by atoms with Crippen LogP contribution in [0, 0.1) is 0 Å². The van der Waals surface area contributed by atoms with E-state index in [1.54, 1.807) is 29.6 Å². The van der Waals surface area contributed by atoms with Crippen molar-refractivity contribution in [1.29, 1.82) is 0 Å². The molecule has 1 heterocycles. The Kier molecular flexibility index (Phi) is 3.89. The summed E-state index contributed by atoms with van der Waals surface area (Å²) < 4.78 is 5.33. The van der Waals surface area contributed by atoms with Crippen molar-refractivity contribution >= 4 is 34.4 Å². The highest BCUT2D eigenvalue weighted by Gasteiger charge is 2.15. The molecule has 0 aliphatic heterocycles. The van der Waals surface area contributed by atoms with E-state index in [-0.39, 0.29) is 5.78 Å². The number of benzene rings is 1. The average Bonchev–Trinajstić information content (AvgIpc) is 2.77. The Morgan fingerprint density at radius 3 is 2.78 bits per heavy atom. The Balaban J connectivity index is 2.32. The summed E-state index contributed by atoms with van der Waals surface area (Å²) in [7, 11) is 0. The predicted molar refractivity (Wildman–Crippen MR) is 74.8 cm³/mol. The Hall–Kier alpha value is -1.52. The van der Waals surface area contributed by atoms with Crippen molar-refractivity contribution in [1.82, 2.24) is 0 Å². The minimum atomic E-state index is -0.121. The van der Waals surface area contributed by atoms with Gasteiger partial charge in [0.1, 0.15) is 5.75 Å². The van der Waals surface area contributed by atoms with Gasteiger partial charge in [-0.15, -0.1) is 11.3 Å². The van der Waals surface area contributed by atoms with E-state index in [0.29, 0.717) is 33.5 Å². The molecule has 94 valence electrons. The minimum absolute atomic E-state index is 0.121. The molecule has 0 aliphatic rings. The van der Waals surface area contributed by atoms with Crippen LogP contribution in [0.2, 0.25) is 5.02 Å². The fraction of sp³-hybridized carbons (Fsp3) is 0.154. The number of thiophene rings is 1. The lowest BCUT2D eigenvalue weighted by molar-refractivity contribution is 0.104. The number of hydrogen-bond acceptors (Lipinski definition) is 4. The van der Waals surface area contributed by atoms with Crippen LogP contribution in [-0.2, 0) is 0 Å². The van der Waals surface area contributed by atoms with Gasteiger partial charge < -0.3 is 10.5 Å². The molecule has 0 radical (unpaired) electrons. The van der Waals surface area contributed by atoms with Crippen LogP contribution < -0.4 is 10.5 Å². The zero-order valence-corrected chi connectivity index (χ0v) is 11.3. The number of carbonyl (C=O) groups is 1.